The number of rotatable bonds is 6. The number of hydrogen-bond donors (Lipinski definition) is 1. The lowest BCUT2D eigenvalue weighted by Gasteiger charge is -2.24. The molecule has 0 saturated heterocycles. The summed E-state index contributed by atoms with van der Waals surface area (Å²) < 4.78 is 13.4. The van der Waals surface area contributed by atoms with Crippen LogP contribution in [0.5, 0.6) is 0 Å². The minimum absolute atomic E-state index is 0.118. The number of hydrogen-bond acceptors (Lipinski definition) is 2. The van der Waals surface area contributed by atoms with Crippen LogP contribution in [0.15, 0.2) is 18.2 Å². The third kappa shape index (κ3) is 4.99. The number of benzene rings is 1. The van der Waals surface area contributed by atoms with Gasteiger partial charge in [0.2, 0.25) is 0 Å². The summed E-state index contributed by atoms with van der Waals surface area (Å²) in [4.78, 5) is 24.5. The number of carbonyl (C=O) groups excluding carboxylic acids is 1. The largest absolute Gasteiger partial charge is 0.481 e. The molecule has 0 aliphatic rings. The highest BCUT2D eigenvalue weighted by Gasteiger charge is 2.18. The van der Waals surface area contributed by atoms with Crippen molar-refractivity contribution in [2.45, 2.75) is 27.2 Å². The molecule has 1 N–H and O–H groups in total. The Morgan fingerprint density at radius 1 is 1.30 bits per heavy atom. The van der Waals surface area contributed by atoms with Gasteiger partial charge in [-0.25, -0.2) is 4.39 Å². The highest BCUT2D eigenvalue weighted by atomic mass is 19.1. The Morgan fingerprint density at radius 3 is 2.45 bits per heavy atom. The van der Waals surface area contributed by atoms with Crippen LogP contribution >= 0.6 is 0 Å². The molecule has 0 fully saturated rings. The van der Waals surface area contributed by atoms with E-state index in [1.54, 1.807) is 13.0 Å². The fraction of sp³-hybridized carbons (Fsp3) is 0.467. The van der Waals surface area contributed by atoms with Crippen LogP contribution in [-0.4, -0.2) is 35.0 Å². The lowest BCUT2D eigenvalue weighted by atomic mass is 10.1. The zero-order valence-corrected chi connectivity index (χ0v) is 12.0. The molecule has 0 aliphatic heterocycles. The second kappa shape index (κ2) is 7.03. The van der Waals surface area contributed by atoms with Gasteiger partial charge in [0.1, 0.15) is 5.82 Å². The molecule has 0 spiro atoms. The maximum Gasteiger partial charge on any atom is 0.305 e. The van der Waals surface area contributed by atoms with E-state index in [0.29, 0.717) is 12.1 Å². The smallest absolute Gasteiger partial charge is 0.305 e. The molecule has 0 aliphatic carbocycles. The van der Waals surface area contributed by atoms with Crippen LogP contribution in [0.1, 0.15) is 36.2 Å². The molecule has 1 rings (SSSR count). The first-order chi connectivity index (χ1) is 9.29. The molecule has 1 aromatic carbocycles. The Kier molecular flexibility index (Phi) is 5.67. The minimum Gasteiger partial charge on any atom is -0.481 e. The van der Waals surface area contributed by atoms with Gasteiger partial charge in [-0.1, -0.05) is 13.8 Å². The van der Waals surface area contributed by atoms with Gasteiger partial charge >= 0.3 is 5.97 Å². The molecule has 20 heavy (non-hydrogen) atoms. The van der Waals surface area contributed by atoms with Crippen LogP contribution in [-0.2, 0) is 4.79 Å². The van der Waals surface area contributed by atoms with E-state index in [1.807, 2.05) is 13.8 Å². The molecule has 1 aromatic rings. The van der Waals surface area contributed by atoms with E-state index >= 15 is 0 Å². The molecular weight excluding hydrogens is 261 g/mol. The summed E-state index contributed by atoms with van der Waals surface area (Å²) >= 11 is 0. The van der Waals surface area contributed by atoms with Gasteiger partial charge in [0, 0.05) is 18.7 Å². The maximum absolute atomic E-state index is 13.4. The van der Waals surface area contributed by atoms with Gasteiger partial charge in [-0.15, -0.1) is 0 Å². The predicted molar refractivity (Wildman–Crippen MR) is 74.1 cm³/mol. The first kappa shape index (κ1) is 16.1. The number of carbonyl (C=O) groups is 2. The Morgan fingerprint density at radius 2 is 1.95 bits per heavy atom. The molecule has 0 atom stereocenters. The molecule has 0 aromatic heterocycles. The van der Waals surface area contributed by atoms with Crippen molar-refractivity contribution in [3.05, 3.63) is 35.1 Å². The SMILES string of the molecule is Cc1cc(F)cc(C(=O)N(CCC(=O)O)CC(C)C)c1. The Labute approximate surface area is 118 Å². The Bertz CT molecular complexity index is 480. The monoisotopic (exact) mass is 281 g/mol. The number of carboxylic acid groups (broad SMARTS) is 1. The van der Waals surface area contributed by atoms with E-state index in [1.165, 1.54) is 17.0 Å². The molecule has 5 heteroatoms. The van der Waals surface area contributed by atoms with Crippen molar-refractivity contribution < 1.29 is 19.1 Å². The average Bonchev–Trinajstić information content (AvgIpc) is 2.31. The average molecular weight is 281 g/mol. The quantitative estimate of drug-likeness (QED) is 0.872. The number of aryl methyl sites for hydroxylation is 1. The van der Waals surface area contributed by atoms with Crippen molar-refractivity contribution in [2.24, 2.45) is 5.92 Å². The first-order valence-electron chi connectivity index (χ1n) is 6.58. The lowest BCUT2D eigenvalue weighted by Crippen LogP contribution is -2.36. The lowest BCUT2D eigenvalue weighted by molar-refractivity contribution is -0.137. The molecule has 0 unspecified atom stereocenters. The number of amides is 1. The van der Waals surface area contributed by atoms with E-state index in [4.69, 9.17) is 5.11 Å². The summed E-state index contributed by atoms with van der Waals surface area (Å²) in [6.45, 7) is 6.17. The molecular formula is C15H20FNO3. The van der Waals surface area contributed by atoms with Gasteiger partial charge < -0.3 is 10.0 Å². The first-order valence-corrected chi connectivity index (χ1v) is 6.58. The van der Waals surface area contributed by atoms with Crippen molar-refractivity contribution in [1.82, 2.24) is 4.90 Å². The van der Waals surface area contributed by atoms with E-state index in [9.17, 15) is 14.0 Å². The van der Waals surface area contributed by atoms with Crippen molar-refractivity contribution >= 4 is 11.9 Å². The summed E-state index contributed by atoms with van der Waals surface area (Å²) in [5.74, 6) is -1.54. The van der Waals surface area contributed by atoms with Crippen molar-refractivity contribution in [3.63, 3.8) is 0 Å². The molecule has 0 bridgehead atoms. The number of nitrogens with zero attached hydrogens (tertiary/aromatic N) is 1. The predicted octanol–water partition coefficient (Wildman–Crippen LogP) is 2.71. The second-order valence-corrected chi connectivity index (χ2v) is 5.31. The van der Waals surface area contributed by atoms with E-state index in [-0.39, 0.29) is 30.4 Å². The van der Waals surface area contributed by atoms with Crippen LogP contribution < -0.4 is 0 Å². The third-order valence-corrected chi connectivity index (χ3v) is 2.76. The van der Waals surface area contributed by atoms with E-state index in [0.717, 1.165) is 0 Å². The molecule has 4 nitrogen and oxygen atoms in total. The Hall–Kier alpha value is -1.91. The second-order valence-electron chi connectivity index (χ2n) is 5.31. The topological polar surface area (TPSA) is 57.6 Å². The normalized spacial score (nSPS) is 10.7. The van der Waals surface area contributed by atoms with Gasteiger partial charge in [-0.05, 0) is 36.6 Å². The zero-order chi connectivity index (χ0) is 15.3. The third-order valence-electron chi connectivity index (χ3n) is 2.76. The van der Waals surface area contributed by atoms with Crippen molar-refractivity contribution in [2.75, 3.05) is 13.1 Å². The standard InChI is InChI=1S/C15H20FNO3/c1-10(2)9-17(5-4-14(18)19)15(20)12-6-11(3)7-13(16)8-12/h6-8,10H,4-5,9H2,1-3H3,(H,18,19). The van der Waals surface area contributed by atoms with Gasteiger partial charge in [0.05, 0.1) is 6.42 Å². The van der Waals surface area contributed by atoms with Crippen molar-refractivity contribution in [3.8, 4) is 0 Å². The highest BCUT2D eigenvalue weighted by molar-refractivity contribution is 5.94. The van der Waals surface area contributed by atoms with Gasteiger partial charge in [0.15, 0.2) is 0 Å². The fourth-order valence-electron chi connectivity index (χ4n) is 1.99. The van der Waals surface area contributed by atoms with Gasteiger partial charge in [0.25, 0.3) is 5.91 Å². The Balaban J connectivity index is 2.93. The number of aliphatic carboxylic acids is 1. The molecule has 0 heterocycles. The van der Waals surface area contributed by atoms with Crippen LogP contribution in [0.25, 0.3) is 0 Å². The fourth-order valence-corrected chi connectivity index (χ4v) is 1.99. The molecule has 0 saturated carbocycles. The summed E-state index contributed by atoms with van der Waals surface area (Å²) in [5.41, 5.74) is 0.921. The number of halogens is 1. The molecule has 0 radical (unpaired) electrons. The van der Waals surface area contributed by atoms with Crippen LogP contribution in [0.3, 0.4) is 0 Å². The summed E-state index contributed by atoms with van der Waals surface area (Å²) in [6.07, 6.45) is -0.118. The summed E-state index contributed by atoms with van der Waals surface area (Å²) in [5, 5.41) is 8.74. The zero-order valence-electron chi connectivity index (χ0n) is 12.0. The molecule has 110 valence electrons. The van der Waals surface area contributed by atoms with Crippen molar-refractivity contribution in [1.29, 1.82) is 0 Å². The summed E-state index contributed by atoms with van der Waals surface area (Å²) in [6, 6.07) is 4.14. The number of carboxylic acids is 1. The highest BCUT2D eigenvalue weighted by Crippen LogP contribution is 2.13. The molecule has 1 amide bonds. The van der Waals surface area contributed by atoms with E-state index in [2.05, 4.69) is 0 Å². The van der Waals surface area contributed by atoms with Crippen LogP contribution in [0.4, 0.5) is 4.39 Å². The van der Waals surface area contributed by atoms with E-state index < -0.39 is 11.8 Å². The summed E-state index contributed by atoms with van der Waals surface area (Å²) in [7, 11) is 0. The maximum atomic E-state index is 13.4. The minimum atomic E-state index is -0.957. The van der Waals surface area contributed by atoms with Gasteiger partial charge in [-0.2, -0.15) is 0 Å². The van der Waals surface area contributed by atoms with Gasteiger partial charge in [-0.3, -0.25) is 9.59 Å². The van der Waals surface area contributed by atoms with Crippen LogP contribution in [0, 0.1) is 18.7 Å². The van der Waals surface area contributed by atoms with Crippen LogP contribution in [0.2, 0.25) is 0 Å².